The Morgan fingerprint density at radius 3 is 2.61 bits per heavy atom. The van der Waals surface area contributed by atoms with E-state index in [1.54, 1.807) is 13.0 Å². The number of phenolic OH excluding ortho intramolecular Hbond substituents is 2. The Labute approximate surface area is 210 Å². The van der Waals surface area contributed by atoms with Crippen molar-refractivity contribution >= 4 is 6.09 Å². The number of amides is 1. The third-order valence-electron chi connectivity index (χ3n) is 6.24. The number of rotatable bonds is 7. The minimum atomic E-state index is -0.663. The van der Waals surface area contributed by atoms with Crippen molar-refractivity contribution in [2.24, 2.45) is 0 Å². The van der Waals surface area contributed by atoms with Gasteiger partial charge in [-0.2, -0.15) is 0 Å². The van der Waals surface area contributed by atoms with E-state index in [9.17, 15) is 20.1 Å². The monoisotopic (exact) mass is 495 g/mol. The number of β-amino-alcohol motifs (C(OH)–C–C–N with tert-alkyl or cyclic N) is 1. The zero-order valence-corrected chi connectivity index (χ0v) is 20.8. The van der Waals surface area contributed by atoms with Crippen molar-refractivity contribution in [3.8, 4) is 34.3 Å². The molecule has 0 bridgehead atoms. The zero-order valence-electron chi connectivity index (χ0n) is 20.8. The van der Waals surface area contributed by atoms with E-state index in [4.69, 9.17) is 4.74 Å². The van der Waals surface area contributed by atoms with Crippen LogP contribution in [-0.2, 0) is 6.54 Å². The predicted octanol–water partition coefficient (Wildman–Crippen LogP) is 3.53. The van der Waals surface area contributed by atoms with E-state index in [0.29, 0.717) is 42.1 Å². The Kier molecular flexibility index (Phi) is 7.76. The van der Waals surface area contributed by atoms with Crippen LogP contribution in [0.1, 0.15) is 50.7 Å². The molecule has 1 aromatic heterocycles. The summed E-state index contributed by atoms with van der Waals surface area (Å²) in [4.78, 5) is 14.4. The number of aliphatic hydroxyl groups is 1. The lowest BCUT2D eigenvalue weighted by Crippen LogP contribution is -2.37. The highest BCUT2D eigenvalue weighted by molar-refractivity contribution is 5.75. The highest BCUT2D eigenvalue weighted by Gasteiger charge is 2.24. The molecule has 192 valence electrons. The van der Waals surface area contributed by atoms with E-state index >= 15 is 0 Å². The van der Waals surface area contributed by atoms with Crippen LogP contribution in [0.4, 0.5) is 4.79 Å². The van der Waals surface area contributed by atoms with Crippen molar-refractivity contribution in [2.45, 2.75) is 52.2 Å². The molecule has 1 fully saturated rings. The Morgan fingerprint density at radius 2 is 1.94 bits per heavy atom. The molecular formula is C26H33N5O5. The molecule has 1 aliphatic heterocycles. The molecule has 0 aliphatic carbocycles. The fraction of sp³-hybridized carbons (Fsp3) is 0.423. The number of hydrogen-bond donors (Lipinski definition) is 4. The molecule has 1 aliphatic rings. The van der Waals surface area contributed by atoms with Gasteiger partial charge < -0.3 is 25.4 Å². The van der Waals surface area contributed by atoms with Crippen molar-refractivity contribution in [2.75, 3.05) is 19.6 Å². The second-order valence-corrected chi connectivity index (χ2v) is 9.36. The van der Waals surface area contributed by atoms with Gasteiger partial charge in [0.05, 0.1) is 6.10 Å². The summed E-state index contributed by atoms with van der Waals surface area (Å²) in [5.74, 6) is -0.215. The average Bonchev–Trinajstić information content (AvgIpc) is 3.22. The van der Waals surface area contributed by atoms with Crippen LogP contribution in [0.2, 0.25) is 0 Å². The lowest BCUT2D eigenvalue weighted by molar-refractivity contribution is 0.0668. The molecule has 0 unspecified atom stereocenters. The molecule has 4 N–H and O–H groups in total. The van der Waals surface area contributed by atoms with Gasteiger partial charge in [0.2, 0.25) is 0 Å². The Bertz CT molecular complexity index is 1210. The average molecular weight is 496 g/mol. The van der Waals surface area contributed by atoms with Gasteiger partial charge in [-0.1, -0.05) is 48.4 Å². The first-order valence-corrected chi connectivity index (χ1v) is 12.2. The second kappa shape index (κ2) is 11.0. The summed E-state index contributed by atoms with van der Waals surface area (Å²) < 4.78 is 6.84. The van der Waals surface area contributed by atoms with E-state index in [-0.39, 0.29) is 29.4 Å². The molecule has 2 heterocycles. The number of phenols is 2. The molecule has 2 aromatic carbocycles. The first-order valence-electron chi connectivity index (χ1n) is 12.2. The van der Waals surface area contributed by atoms with Crippen LogP contribution < -0.4 is 10.1 Å². The summed E-state index contributed by atoms with van der Waals surface area (Å²) in [5.41, 5.74) is 3.08. The van der Waals surface area contributed by atoms with Crippen LogP contribution in [-0.4, -0.2) is 67.0 Å². The SMILES string of the molecule is CCNC(=O)Oc1nnn(-c2cc(C(C)C)c(O)cc2O)c1-c1ccc(CN2CCC[C@@H](O)C2)cc1. The molecule has 36 heavy (non-hydrogen) atoms. The summed E-state index contributed by atoms with van der Waals surface area (Å²) in [6.07, 6.45) is 0.854. The summed E-state index contributed by atoms with van der Waals surface area (Å²) in [6, 6.07) is 10.6. The van der Waals surface area contributed by atoms with Gasteiger partial charge in [-0.25, -0.2) is 9.48 Å². The standard InChI is InChI=1S/C26H33N5O5/c1-4-27-26(35)36-25-24(18-9-7-17(8-10-18)14-30-11-5-6-19(32)15-30)31(29-28-25)21-12-20(16(2)3)22(33)13-23(21)34/h7-10,12-13,16,19,32-34H,4-6,11,14-15H2,1-3H3,(H,27,35)/t19-/m1/s1. The maximum Gasteiger partial charge on any atom is 0.414 e. The summed E-state index contributed by atoms with van der Waals surface area (Å²) in [5, 5.41) is 41.7. The fourth-order valence-electron chi connectivity index (χ4n) is 4.43. The van der Waals surface area contributed by atoms with E-state index in [0.717, 1.165) is 24.9 Å². The van der Waals surface area contributed by atoms with E-state index < -0.39 is 6.09 Å². The Morgan fingerprint density at radius 1 is 1.19 bits per heavy atom. The number of aromatic nitrogens is 3. The van der Waals surface area contributed by atoms with Crippen LogP contribution >= 0.6 is 0 Å². The molecule has 1 atom stereocenters. The molecular weight excluding hydrogens is 462 g/mol. The number of nitrogens with one attached hydrogen (secondary N) is 1. The van der Waals surface area contributed by atoms with Crippen molar-refractivity contribution in [3.63, 3.8) is 0 Å². The van der Waals surface area contributed by atoms with Gasteiger partial charge in [0.15, 0.2) is 0 Å². The molecule has 1 amide bonds. The van der Waals surface area contributed by atoms with Crippen molar-refractivity contribution in [1.29, 1.82) is 0 Å². The van der Waals surface area contributed by atoms with Crippen LogP contribution in [0.3, 0.4) is 0 Å². The lowest BCUT2D eigenvalue weighted by atomic mass is 10.0. The third kappa shape index (κ3) is 5.60. The molecule has 10 nitrogen and oxygen atoms in total. The minimum absolute atomic E-state index is 0.00466. The molecule has 1 saturated heterocycles. The molecule has 10 heteroatoms. The number of nitrogens with zero attached hydrogens (tertiary/aromatic N) is 4. The van der Waals surface area contributed by atoms with Gasteiger partial charge in [-0.3, -0.25) is 4.90 Å². The largest absolute Gasteiger partial charge is 0.508 e. The first-order chi connectivity index (χ1) is 17.3. The number of aliphatic hydroxyl groups excluding tert-OH is 1. The maximum atomic E-state index is 12.2. The first kappa shape index (κ1) is 25.5. The number of carbonyl (C=O) groups is 1. The topological polar surface area (TPSA) is 133 Å². The maximum absolute atomic E-state index is 12.2. The molecule has 0 spiro atoms. The van der Waals surface area contributed by atoms with E-state index in [1.165, 1.54) is 10.7 Å². The van der Waals surface area contributed by atoms with Crippen molar-refractivity contribution in [1.82, 2.24) is 25.2 Å². The normalized spacial score (nSPS) is 16.3. The summed E-state index contributed by atoms with van der Waals surface area (Å²) >= 11 is 0. The van der Waals surface area contributed by atoms with Crippen LogP contribution in [0, 0.1) is 0 Å². The van der Waals surface area contributed by atoms with Crippen LogP contribution in [0.25, 0.3) is 16.9 Å². The smallest absolute Gasteiger partial charge is 0.414 e. The highest BCUT2D eigenvalue weighted by atomic mass is 16.6. The molecule has 0 radical (unpaired) electrons. The Balaban J connectivity index is 1.72. The number of ether oxygens (including phenoxy) is 1. The van der Waals surface area contributed by atoms with Gasteiger partial charge in [-0.05, 0) is 49.4 Å². The molecule has 3 aromatic rings. The lowest BCUT2D eigenvalue weighted by Gasteiger charge is -2.30. The second-order valence-electron chi connectivity index (χ2n) is 9.36. The van der Waals surface area contributed by atoms with Gasteiger partial charge in [0.1, 0.15) is 22.9 Å². The number of hydrogen-bond acceptors (Lipinski definition) is 8. The van der Waals surface area contributed by atoms with Crippen molar-refractivity contribution < 1.29 is 24.9 Å². The zero-order chi connectivity index (χ0) is 25.8. The fourth-order valence-corrected chi connectivity index (χ4v) is 4.43. The van der Waals surface area contributed by atoms with Gasteiger partial charge >= 0.3 is 6.09 Å². The van der Waals surface area contributed by atoms with Crippen LogP contribution in [0.5, 0.6) is 17.4 Å². The van der Waals surface area contributed by atoms with Crippen LogP contribution in [0.15, 0.2) is 36.4 Å². The summed E-state index contributed by atoms with van der Waals surface area (Å²) in [6.45, 7) is 8.34. The van der Waals surface area contributed by atoms with E-state index in [1.807, 2.05) is 38.1 Å². The number of piperidine rings is 1. The van der Waals surface area contributed by atoms with Crippen molar-refractivity contribution in [3.05, 3.63) is 47.5 Å². The number of likely N-dealkylation sites (tertiary alicyclic amines) is 1. The van der Waals surface area contributed by atoms with Gasteiger partial charge in [-0.15, -0.1) is 0 Å². The third-order valence-corrected chi connectivity index (χ3v) is 6.24. The number of aromatic hydroxyl groups is 2. The molecule has 4 rings (SSSR count). The number of carbonyl (C=O) groups excluding carboxylic acids is 1. The van der Waals surface area contributed by atoms with Gasteiger partial charge in [0, 0.05) is 31.3 Å². The van der Waals surface area contributed by atoms with E-state index in [2.05, 4.69) is 20.5 Å². The highest BCUT2D eigenvalue weighted by Crippen LogP contribution is 2.38. The minimum Gasteiger partial charge on any atom is -0.508 e. The Hall–Kier alpha value is -3.63. The quantitative estimate of drug-likeness (QED) is 0.391. The molecule has 0 saturated carbocycles. The predicted molar refractivity (Wildman–Crippen MR) is 134 cm³/mol. The number of benzene rings is 2. The summed E-state index contributed by atoms with van der Waals surface area (Å²) in [7, 11) is 0. The van der Waals surface area contributed by atoms with Gasteiger partial charge in [0.25, 0.3) is 5.88 Å².